The van der Waals surface area contributed by atoms with Gasteiger partial charge in [-0.25, -0.2) is 9.97 Å². The maximum Gasteiger partial charge on any atom is 0.219 e. The van der Waals surface area contributed by atoms with Crippen molar-refractivity contribution in [3.05, 3.63) is 95.2 Å². The molecule has 0 spiro atoms. The Hall–Kier alpha value is -4.38. The molecular formula is C33H29N3O2. The van der Waals surface area contributed by atoms with Crippen molar-refractivity contribution >= 4 is 32.7 Å². The highest BCUT2D eigenvalue weighted by Crippen LogP contribution is 2.42. The summed E-state index contributed by atoms with van der Waals surface area (Å²) in [5, 5.41) is 13.7. The summed E-state index contributed by atoms with van der Waals surface area (Å²) in [7, 11) is 0. The second-order valence-electron chi connectivity index (χ2n) is 10.5. The topological polar surface area (TPSA) is 60.2 Å². The van der Waals surface area contributed by atoms with Crippen LogP contribution in [0.15, 0.2) is 72.8 Å². The number of aromatic hydroxyl groups is 1. The van der Waals surface area contributed by atoms with E-state index in [2.05, 4.69) is 65.9 Å². The maximum absolute atomic E-state index is 10.4. The minimum atomic E-state index is 0.149. The number of hydrogen-bond donors (Lipinski definition) is 1. The number of phenols is 1. The number of pyridine rings is 2. The van der Waals surface area contributed by atoms with Crippen LogP contribution in [0.2, 0.25) is 0 Å². The summed E-state index contributed by atoms with van der Waals surface area (Å²) >= 11 is 0. The zero-order chi connectivity index (χ0) is 26.0. The molecule has 188 valence electrons. The fourth-order valence-corrected chi connectivity index (χ4v) is 5.79. The van der Waals surface area contributed by atoms with E-state index >= 15 is 0 Å². The largest absolute Gasteiger partial charge is 0.506 e. The molecule has 1 N–H and O–H groups in total. The van der Waals surface area contributed by atoms with Crippen molar-refractivity contribution in [3.8, 4) is 23.2 Å². The van der Waals surface area contributed by atoms with Gasteiger partial charge in [0.2, 0.25) is 5.88 Å². The minimum absolute atomic E-state index is 0.149. The van der Waals surface area contributed by atoms with Crippen molar-refractivity contribution in [2.24, 2.45) is 0 Å². The first-order valence-electron chi connectivity index (χ1n) is 13.3. The molecule has 1 aliphatic rings. The van der Waals surface area contributed by atoms with Gasteiger partial charge in [0.15, 0.2) is 0 Å². The smallest absolute Gasteiger partial charge is 0.219 e. The highest BCUT2D eigenvalue weighted by Gasteiger charge is 2.26. The lowest BCUT2D eigenvalue weighted by Gasteiger charge is -2.28. The Bertz CT molecular complexity index is 1880. The van der Waals surface area contributed by atoms with Crippen LogP contribution in [0, 0.1) is 20.8 Å². The lowest BCUT2D eigenvalue weighted by Crippen LogP contribution is -2.14. The van der Waals surface area contributed by atoms with E-state index in [0.717, 1.165) is 33.5 Å². The van der Waals surface area contributed by atoms with E-state index in [-0.39, 0.29) is 5.75 Å². The standard InChI is InChI=1S/C33H29N3O2/c1-19-10-16-29(37)32-24(19)15-17-30(35-32)38-23-12-14-26-28(18-23)36(27-9-4-6-20(2)31(26)27)33-25(22-7-5-8-22)13-11-21(3)34-33/h4,6,9-18,22,37H,5,7-8H2,1-3H3. The van der Waals surface area contributed by atoms with Crippen LogP contribution < -0.4 is 4.74 Å². The summed E-state index contributed by atoms with van der Waals surface area (Å²) in [4.78, 5) is 9.72. The number of aromatic nitrogens is 3. The third-order valence-electron chi connectivity index (χ3n) is 8.02. The molecule has 5 heteroatoms. The molecular weight excluding hydrogens is 470 g/mol. The molecule has 0 unspecified atom stereocenters. The predicted molar refractivity (Wildman–Crippen MR) is 153 cm³/mol. The van der Waals surface area contributed by atoms with Crippen LogP contribution in [0.5, 0.6) is 17.4 Å². The number of benzene rings is 3. The molecule has 1 fully saturated rings. The van der Waals surface area contributed by atoms with Crippen molar-refractivity contribution < 1.29 is 9.84 Å². The van der Waals surface area contributed by atoms with Crippen LogP contribution in [-0.4, -0.2) is 19.6 Å². The van der Waals surface area contributed by atoms with Gasteiger partial charge in [0.1, 0.15) is 22.8 Å². The number of nitrogens with zero attached hydrogens (tertiary/aromatic N) is 3. The van der Waals surface area contributed by atoms with Crippen LogP contribution in [-0.2, 0) is 0 Å². The Balaban J connectivity index is 1.43. The van der Waals surface area contributed by atoms with E-state index in [4.69, 9.17) is 9.72 Å². The van der Waals surface area contributed by atoms with Gasteiger partial charge in [0.05, 0.1) is 11.0 Å². The minimum Gasteiger partial charge on any atom is -0.506 e. The van der Waals surface area contributed by atoms with Gasteiger partial charge in [-0.3, -0.25) is 4.57 Å². The van der Waals surface area contributed by atoms with Gasteiger partial charge in [-0.1, -0.05) is 30.7 Å². The average Bonchev–Trinajstić information content (AvgIpc) is 3.21. The Morgan fingerprint density at radius 2 is 1.66 bits per heavy atom. The third-order valence-corrected chi connectivity index (χ3v) is 8.02. The molecule has 38 heavy (non-hydrogen) atoms. The van der Waals surface area contributed by atoms with Gasteiger partial charge >= 0.3 is 0 Å². The first kappa shape index (κ1) is 22.8. The SMILES string of the molecule is Cc1ccc(C2CCC2)c(-n2c3cc(Oc4ccc5c(C)ccc(O)c5n4)ccc3c3c(C)cccc32)n1. The monoisotopic (exact) mass is 499 g/mol. The molecule has 1 saturated carbocycles. The number of phenolic OH excluding ortho intramolecular Hbond substituents is 1. The van der Waals surface area contributed by atoms with E-state index in [1.54, 1.807) is 6.07 Å². The van der Waals surface area contributed by atoms with Crippen molar-refractivity contribution in [1.82, 2.24) is 14.5 Å². The highest BCUT2D eigenvalue weighted by atomic mass is 16.5. The molecule has 0 aliphatic heterocycles. The van der Waals surface area contributed by atoms with Crippen LogP contribution in [0.25, 0.3) is 38.5 Å². The number of fused-ring (bicyclic) bond motifs is 4. The molecule has 0 saturated heterocycles. The molecule has 0 radical (unpaired) electrons. The van der Waals surface area contributed by atoms with E-state index < -0.39 is 0 Å². The first-order valence-corrected chi connectivity index (χ1v) is 13.3. The molecule has 7 rings (SSSR count). The zero-order valence-electron chi connectivity index (χ0n) is 21.8. The van der Waals surface area contributed by atoms with Crippen molar-refractivity contribution in [3.63, 3.8) is 0 Å². The molecule has 3 heterocycles. The van der Waals surface area contributed by atoms with Crippen LogP contribution in [0.3, 0.4) is 0 Å². The number of rotatable bonds is 4. The fraction of sp³-hybridized carbons (Fsp3) is 0.212. The quantitative estimate of drug-likeness (QED) is 0.264. The van der Waals surface area contributed by atoms with Crippen molar-refractivity contribution in [2.45, 2.75) is 46.0 Å². The number of ether oxygens (including phenoxy) is 1. The summed E-state index contributed by atoms with van der Waals surface area (Å²) in [6.45, 7) is 6.24. The fourth-order valence-electron chi connectivity index (χ4n) is 5.79. The van der Waals surface area contributed by atoms with Gasteiger partial charge in [0.25, 0.3) is 0 Å². The Morgan fingerprint density at radius 1 is 0.816 bits per heavy atom. The zero-order valence-corrected chi connectivity index (χ0v) is 21.8. The average molecular weight is 500 g/mol. The summed E-state index contributed by atoms with van der Waals surface area (Å²) in [5.74, 6) is 2.85. The van der Waals surface area contributed by atoms with Crippen LogP contribution in [0.4, 0.5) is 0 Å². The van der Waals surface area contributed by atoms with Crippen molar-refractivity contribution in [2.75, 3.05) is 0 Å². The Labute approximate surface area is 221 Å². The molecule has 6 aromatic rings. The molecule has 0 atom stereocenters. The van der Waals surface area contributed by atoms with Gasteiger partial charge in [0, 0.05) is 34.0 Å². The van der Waals surface area contributed by atoms with Gasteiger partial charge in [-0.2, -0.15) is 0 Å². The summed E-state index contributed by atoms with van der Waals surface area (Å²) in [5.41, 5.74) is 7.38. The van der Waals surface area contributed by atoms with E-state index in [0.29, 0.717) is 23.1 Å². The van der Waals surface area contributed by atoms with Gasteiger partial charge < -0.3 is 9.84 Å². The number of aryl methyl sites for hydroxylation is 3. The van der Waals surface area contributed by atoms with E-state index in [1.165, 1.54) is 41.2 Å². The highest BCUT2D eigenvalue weighted by molar-refractivity contribution is 6.11. The summed E-state index contributed by atoms with van der Waals surface area (Å²) in [6.07, 6.45) is 3.69. The van der Waals surface area contributed by atoms with Gasteiger partial charge in [-0.15, -0.1) is 0 Å². The summed E-state index contributed by atoms with van der Waals surface area (Å²) < 4.78 is 8.60. The number of hydrogen-bond acceptors (Lipinski definition) is 4. The summed E-state index contributed by atoms with van der Waals surface area (Å²) in [6, 6.07) is 24.5. The molecule has 3 aromatic carbocycles. The van der Waals surface area contributed by atoms with Gasteiger partial charge in [-0.05, 0) is 92.6 Å². The molecule has 3 aromatic heterocycles. The maximum atomic E-state index is 10.4. The predicted octanol–water partition coefficient (Wildman–Crippen LogP) is 8.42. The van der Waals surface area contributed by atoms with E-state index in [1.807, 2.05) is 31.2 Å². The lowest BCUT2D eigenvalue weighted by molar-refractivity contribution is 0.418. The van der Waals surface area contributed by atoms with Crippen LogP contribution >= 0.6 is 0 Å². The first-order chi connectivity index (χ1) is 18.5. The van der Waals surface area contributed by atoms with Crippen LogP contribution in [0.1, 0.15) is 47.6 Å². The second kappa shape index (κ2) is 8.59. The second-order valence-corrected chi connectivity index (χ2v) is 10.5. The molecule has 0 amide bonds. The third kappa shape index (κ3) is 3.53. The normalized spacial score (nSPS) is 13.9. The van der Waals surface area contributed by atoms with Crippen molar-refractivity contribution in [1.29, 1.82) is 0 Å². The lowest BCUT2D eigenvalue weighted by atomic mass is 9.80. The molecule has 0 bridgehead atoms. The Kier molecular flexibility index (Phi) is 5.15. The Morgan fingerprint density at radius 3 is 2.47 bits per heavy atom. The molecule has 5 nitrogen and oxygen atoms in total. The van der Waals surface area contributed by atoms with E-state index in [9.17, 15) is 5.11 Å². The molecule has 1 aliphatic carbocycles.